The lowest BCUT2D eigenvalue weighted by molar-refractivity contribution is 0.309. The molecule has 76 valence electrons. The van der Waals surface area contributed by atoms with Crippen molar-refractivity contribution >= 4 is 0 Å². The summed E-state index contributed by atoms with van der Waals surface area (Å²) in [7, 11) is 0. The van der Waals surface area contributed by atoms with Crippen molar-refractivity contribution in [1.82, 2.24) is 4.98 Å². The van der Waals surface area contributed by atoms with Crippen LogP contribution < -0.4 is 5.73 Å². The fourth-order valence-electron chi connectivity index (χ4n) is 2.47. The van der Waals surface area contributed by atoms with Gasteiger partial charge in [-0.1, -0.05) is 18.9 Å². The van der Waals surface area contributed by atoms with Gasteiger partial charge in [-0.05, 0) is 37.4 Å². The van der Waals surface area contributed by atoms with Crippen LogP contribution in [-0.4, -0.2) is 11.5 Å². The quantitative estimate of drug-likeness (QED) is 0.777. The average Bonchev–Trinajstić information content (AvgIpc) is 2.30. The SMILES string of the molecule is NCC1CCCCC1c1ccccn1. The van der Waals surface area contributed by atoms with E-state index in [4.69, 9.17) is 5.73 Å². The van der Waals surface area contributed by atoms with Crippen molar-refractivity contribution in [2.24, 2.45) is 11.7 Å². The van der Waals surface area contributed by atoms with Crippen molar-refractivity contribution in [1.29, 1.82) is 0 Å². The molecule has 0 spiro atoms. The molecule has 14 heavy (non-hydrogen) atoms. The summed E-state index contributed by atoms with van der Waals surface area (Å²) in [6, 6.07) is 6.19. The minimum atomic E-state index is 0.606. The molecule has 0 amide bonds. The highest BCUT2D eigenvalue weighted by Crippen LogP contribution is 2.35. The van der Waals surface area contributed by atoms with E-state index in [-0.39, 0.29) is 0 Å². The van der Waals surface area contributed by atoms with Gasteiger partial charge in [0.05, 0.1) is 0 Å². The van der Waals surface area contributed by atoms with Crippen LogP contribution >= 0.6 is 0 Å². The van der Waals surface area contributed by atoms with E-state index >= 15 is 0 Å². The third kappa shape index (κ3) is 1.95. The predicted molar refractivity (Wildman–Crippen MR) is 58.0 cm³/mol. The summed E-state index contributed by atoms with van der Waals surface area (Å²) in [5, 5.41) is 0. The first-order valence-corrected chi connectivity index (χ1v) is 5.53. The van der Waals surface area contributed by atoms with Gasteiger partial charge in [-0.15, -0.1) is 0 Å². The topological polar surface area (TPSA) is 38.9 Å². The minimum Gasteiger partial charge on any atom is -0.330 e. The van der Waals surface area contributed by atoms with Crippen LogP contribution in [0.4, 0.5) is 0 Å². The van der Waals surface area contributed by atoms with Gasteiger partial charge in [-0.2, -0.15) is 0 Å². The van der Waals surface area contributed by atoms with Crippen molar-refractivity contribution < 1.29 is 0 Å². The van der Waals surface area contributed by atoms with Gasteiger partial charge in [0.1, 0.15) is 0 Å². The summed E-state index contributed by atoms with van der Waals surface area (Å²) in [6.07, 6.45) is 7.09. The standard InChI is InChI=1S/C12H18N2/c13-9-10-5-1-2-6-11(10)12-7-3-4-8-14-12/h3-4,7-8,10-11H,1-2,5-6,9,13H2. The third-order valence-corrected chi connectivity index (χ3v) is 3.28. The van der Waals surface area contributed by atoms with Gasteiger partial charge in [-0.3, -0.25) is 4.98 Å². The maximum atomic E-state index is 5.80. The largest absolute Gasteiger partial charge is 0.330 e. The molecule has 2 heteroatoms. The molecule has 1 aromatic heterocycles. The summed E-state index contributed by atoms with van der Waals surface area (Å²) in [6.45, 7) is 0.807. The number of pyridine rings is 1. The van der Waals surface area contributed by atoms with Gasteiger partial charge in [0, 0.05) is 17.8 Å². The Hall–Kier alpha value is -0.890. The van der Waals surface area contributed by atoms with Crippen LogP contribution in [0, 0.1) is 5.92 Å². The Morgan fingerprint density at radius 2 is 2.14 bits per heavy atom. The second-order valence-corrected chi connectivity index (χ2v) is 4.14. The Morgan fingerprint density at radius 1 is 1.29 bits per heavy atom. The molecule has 2 unspecified atom stereocenters. The maximum absolute atomic E-state index is 5.80. The van der Waals surface area contributed by atoms with Gasteiger partial charge < -0.3 is 5.73 Å². The van der Waals surface area contributed by atoms with Crippen LogP contribution in [0.3, 0.4) is 0 Å². The first-order valence-electron chi connectivity index (χ1n) is 5.53. The Labute approximate surface area is 85.5 Å². The Kier molecular flexibility index (Phi) is 3.14. The molecule has 1 saturated carbocycles. The highest BCUT2D eigenvalue weighted by molar-refractivity contribution is 5.11. The van der Waals surface area contributed by atoms with Crippen LogP contribution in [-0.2, 0) is 0 Å². The van der Waals surface area contributed by atoms with E-state index < -0.39 is 0 Å². The summed E-state index contributed by atoms with van der Waals surface area (Å²) in [4.78, 5) is 4.45. The van der Waals surface area contributed by atoms with Crippen LogP contribution in [0.15, 0.2) is 24.4 Å². The van der Waals surface area contributed by atoms with Crippen molar-refractivity contribution in [3.63, 3.8) is 0 Å². The maximum Gasteiger partial charge on any atom is 0.0437 e. The van der Waals surface area contributed by atoms with E-state index in [1.807, 2.05) is 12.3 Å². The number of nitrogens with two attached hydrogens (primary N) is 1. The van der Waals surface area contributed by atoms with Crippen LogP contribution in [0.5, 0.6) is 0 Å². The van der Waals surface area contributed by atoms with Crippen LogP contribution in [0.25, 0.3) is 0 Å². The molecule has 1 fully saturated rings. The lowest BCUT2D eigenvalue weighted by Gasteiger charge is -2.30. The molecule has 2 N–H and O–H groups in total. The van der Waals surface area contributed by atoms with E-state index in [1.54, 1.807) is 0 Å². The molecular formula is C12H18N2. The highest BCUT2D eigenvalue weighted by Gasteiger charge is 2.25. The fourth-order valence-corrected chi connectivity index (χ4v) is 2.47. The van der Waals surface area contributed by atoms with E-state index in [0.29, 0.717) is 11.8 Å². The second-order valence-electron chi connectivity index (χ2n) is 4.14. The van der Waals surface area contributed by atoms with Gasteiger partial charge >= 0.3 is 0 Å². The van der Waals surface area contributed by atoms with Crippen LogP contribution in [0.1, 0.15) is 37.3 Å². The van der Waals surface area contributed by atoms with Crippen molar-refractivity contribution in [2.45, 2.75) is 31.6 Å². The first kappa shape index (κ1) is 9.66. The number of nitrogens with zero attached hydrogens (tertiary/aromatic N) is 1. The summed E-state index contributed by atoms with van der Waals surface area (Å²) >= 11 is 0. The molecule has 0 aliphatic heterocycles. The van der Waals surface area contributed by atoms with Gasteiger partial charge in [0.25, 0.3) is 0 Å². The molecule has 0 radical (unpaired) electrons. The molecule has 0 saturated heterocycles. The van der Waals surface area contributed by atoms with E-state index in [1.165, 1.54) is 31.4 Å². The summed E-state index contributed by atoms with van der Waals surface area (Å²) in [5.41, 5.74) is 7.04. The Morgan fingerprint density at radius 3 is 2.86 bits per heavy atom. The Balaban J connectivity index is 2.15. The van der Waals surface area contributed by atoms with E-state index in [9.17, 15) is 0 Å². The molecule has 0 bridgehead atoms. The molecule has 2 nitrogen and oxygen atoms in total. The molecule has 1 aliphatic carbocycles. The number of hydrogen-bond acceptors (Lipinski definition) is 2. The van der Waals surface area contributed by atoms with Crippen molar-refractivity contribution in [3.8, 4) is 0 Å². The minimum absolute atomic E-state index is 0.606. The van der Waals surface area contributed by atoms with Crippen LogP contribution in [0.2, 0.25) is 0 Å². The number of aromatic nitrogens is 1. The van der Waals surface area contributed by atoms with Gasteiger partial charge in [0.2, 0.25) is 0 Å². The number of hydrogen-bond donors (Lipinski definition) is 1. The monoisotopic (exact) mass is 190 g/mol. The van der Waals surface area contributed by atoms with Crippen molar-refractivity contribution in [2.75, 3.05) is 6.54 Å². The van der Waals surface area contributed by atoms with Gasteiger partial charge in [0.15, 0.2) is 0 Å². The predicted octanol–water partition coefficient (Wildman–Crippen LogP) is 2.31. The highest BCUT2D eigenvalue weighted by atomic mass is 14.7. The molecule has 2 rings (SSSR count). The smallest absolute Gasteiger partial charge is 0.0437 e. The average molecular weight is 190 g/mol. The normalized spacial score (nSPS) is 27.5. The summed E-state index contributed by atoms with van der Waals surface area (Å²) in [5.74, 6) is 1.26. The third-order valence-electron chi connectivity index (χ3n) is 3.28. The molecule has 0 aromatic carbocycles. The lowest BCUT2D eigenvalue weighted by Crippen LogP contribution is -2.25. The molecule has 1 aromatic rings. The Bertz CT molecular complexity index is 271. The summed E-state index contributed by atoms with van der Waals surface area (Å²) < 4.78 is 0. The number of rotatable bonds is 2. The molecule has 2 atom stereocenters. The zero-order valence-corrected chi connectivity index (χ0v) is 8.52. The second kappa shape index (κ2) is 4.56. The molecular weight excluding hydrogens is 172 g/mol. The lowest BCUT2D eigenvalue weighted by atomic mass is 9.77. The zero-order valence-electron chi connectivity index (χ0n) is 8.52. The van der Waals surface area contributed by atoms with E-state index in [2.05, 4.69) is 17.1 Å². The first-order chi connectivity index (χ1) is 6.92. The molecule has 1 heterocycles. The zero-order chi connectivity index (χ0) is 9.80. The van der Waals surface area contributed by atoms with Crippen molar-refractivity contribution in [3.05, 3.63) is 30.1 Å². The molecule has 1 aliphatic rings. The van der Waals surface area contributed by atoms with E-state index in [0.717, 1.165) is 6.54 Å². The van der Waals surface area contributed by atoms with Gasteiger partial charge in [-0.25, -0.2) is 0 Å². The fraction of sp³-hybridized carbons (Fsp3) is 0.583.